The number of hydrogen-bond donors (Lipinski definition) is 0. The zero-order valence-electron chi connectivity index (χ0n) is 22.0. The second kappa shape index (κ2) is 8.69. The van der Waals surface area contributed by atoms with Gasteiger partial charge >= 0.3 is 0 Å². The Balaban J connectivity index is 1.43. The number of aliphatic imine (C=N–C) groups is 2. The van der Waals surface area contributed by atoms with Crippen LogP contribution >= 0.6 is 11.3 Å². The second-order valence-electron chi connectivity index (χ2n) is 10.6. The highest BCUT2D eigenvalue weighted by atomic mass is 32.1. The molecule has 190 valence electrons. The molecule has 0 spiro atoms. The first-order valence-corrected chi connectivity index (χ1v) is 14.6. The van der Waals surface area contributed by atoms with Gasteiger partial charge in [-0.1, -0.05) is 103 Å². The topological polar surface area (TPSA) is 24.7 Å². The van der Waals surface area contributed by atoms with Crippen molar-refractivity contribution in [3.63, 3.8) is 0 Å². The molecule has 4 heterocycles. The van der Waals surface area contributed by atoms with Gasteiger partial charge < -0.3 is 0 Å². The smallest absolute Gasteiger partial charge is 0.0730 e. The Morgan fingerprint density at radius 1 is 0.390 bits per heavy atom. The first-order chi connectivity index (χ1) is 20.3. The zero-order chi connectivity index (χ0) is 26.9. The third-order valence-electron chi connectivity index (χ3n) is 8.21. The van der Waals surface area contributed by atoms with E-state index in [9.17, 15) is 0 Å². The fourth-order valence-corrected chi connectivity index (χ4v) is 7.47. The molecule has 8 bridgehead atoms. The quantitative estimate of drug-likeness (QED) is 0.188. The molecule has 3 aromatic carbocycles. The molecule has 0 fully saturated rings. The Morgan fingerprint density at radius 3 is 1.32 bits per heavy atom. The summed E-state index contributed by atoms with van der Waals surface area (Å²) in [7, 11) is 0. The number of rotatable bonds is 0. The van der Waals surface area contributed by atoms with E-state index in [-0.39, 0.29) is 0 Å². The van der Waals surface area contributed by atoms with Crippen LogP contribution in [0.2, 0.25) is 0 Å². The molecule has 5 aliphatic rings. The highest BCUT2D eigenvalue weighted by molar-refractivity contribution is 7.09. The Morgan fingerprint density at radius 2 is 0.805 bits per heavy atom. The highest BCUT2D eigenvalue weighted by Crippen LogP contribution is 2.40. The third kappa shape index (κ3) is 3.49. The minimum absolute atomic E-state index is 0.996. The highest BCUT2D eigenvalue weighted by Gasteiger charge is 2.23. The number of fused-ring (bicyclic) bond motifs is 18. The average molecular weight is 539 g/mol. The van der Waals surface area contributed by atoms with Crippen molar-refractivity contribution in [1.29, 1.82) is 0 Å². The third-order valence-corrected chi connectivity index (χ3v) is 9.32. The van der Waals surface area contributed by atoms with Gasteiger partial charge in [0.25, 0.3) is 0 Å². The maximum atomic E-state index is 5.23. The van der Waals surface area contributed by atoms with Crippen molar-refractivity contribution in [2.45, 2.75) is 0 Å². The van der Waals surface area contributed by atoms with Gasteiger partial charge in [0.2, 0.25) is 0 Å². The van der Waals surface area contributed by atoms with Crippen LogP contribution in [0, 0.1) is 0 Å². The second-order valence-corrected chi connectivity index (χ2v) is 11.7. The van der Waals surface area contributed by atoms with Gasteiger partial charge in [-0.2, -0.15) is 0 Å². The van der Waals surface area contributed by atoms with E-state index >= 15 is 0 Å². The van der Waals surface area contributed by atoms with Crippen molar-refractivity contribution >= 4 is 69.2 Å². The van der Waals surface area contributed by atoms with E-state index in [1.165, 1.54) is 53.2 Å². The van der Waals surface area contributed by atoms with Crippen LogP contribution in [0.15, 0.2) is 119 Å². The van der Waals surface area contributed by atoms with Crippen molar-refractivity contribution in [3.05, 3.63) is 152 Å². The molecule has 41 heavy (non-hydrogen) atoms. The molecule has 9 rings (SSSR count). The van der Waals surface area contributed by atoms with Gasteiger partial charge in [-0.3, -0.25) is 0 Å². The molecule has 0 amide bonds. The van der Waals surface area contributed by atoms with E-state index in [1.807, 2.05) is 0 Å². The summed E-state index contributed by atoms with van der Waals surface area (Å²) in [6.45, 7) is 0. The molecule has 4 aromatic rings. The van der Waals surface area contributed by atoms with Gasteiger partial charge in [-0.05, 0) is 52.6 Å². The van der Waals surface area contributed by atoms with Crippen molar-refractivity contribution < 1.29 is 0 Å². The minimum atomic E-state index is 0.996. The van der Waals surface area contributed by atoms with Gasteiger partial charge in [-0.25, -0.2) is 9.98 Å². The summed E-state index contributed by atoms with van der Waals surface area (Å²) < 4.78 is 2.42. The van der Waals surface area contributed by atoms with Gasteiger partial charge in [0, 0.05) is 42.1 Å². The number of thiophene rings is 1. The summed E-state index contributed by atoms with van der Waals surface area (Å²) in [5, 5.41) is 2.49. The summed E-state index contributed by atoms with van der Waals surface area (Å²) in [4.78, 5) is 10.5. The van der Waals surface area contributed by atoms with Crippen LogP contribution in [-0.2, 0) is 0 Å². The Bertz CT molecular complexity index is 2150. The molecule has 2 aliphatic carbocycles. The lowest BCUT2D eigenvalue weighted by molar-refractivity contribution is 1.58. The lowest BCUT2D eigenvalue weighted by atomic mass is 10.0. The van der Waals surface area contributed by atoms with Crippen molar-refractivity contribution in [3.8, 4) is 11.1 Å². The molecular weight excluding hydrogens is 516 g/mol. The van der Waals surface area contributed by atoms with Crippen LogP contribution < -0.4 is 9.06 Å². The van der Waals surface area contributed by atoms with Crippen LogP contribution in [0.4, 0.5) is 0 Å². The van der Waals surface area contributed by atoms with Crippen LogP contribution in [0.5, 0.6) is 0 Å². The fraction of sp³-hybridized carbons (Fsp3) is 0. The summed E-state index contributed by atoms with van der Waals surface area (Å²) in [6, 6.07) is 38.9. The Hall–Kier alpha value is -5.12. The van der Waals surface area contributed by atoms with Gasteiger partial charge in [-0.15, -0.1) is 11.3 Å². The number of benzene rings is 3. The molecule has 3 heteroatoms. The number of nitrogens with zero attached hydrogens (tertiary/aromatic N) is 2. The molecule has 1 aromatic heterocycles. The standard InChI is InChI=1S/C38H22N2S/c1-2-10-25-23-18-24(26(25)11-3-1)20-34-28-13-5-7-15-30(28)36(40-34)22-38-32-17-9-8-16-31(32)37(41-38)21-35-29-14-6-4-12-27(29)33(19-23)39-35/h1-22H. The van der Waals surface area contributed by atoms with E-state index in [0.29, 0.717) is 0 Å². The molecule has 0 unspecified atom stereocenters. The normalized spacial score (nSPS) is 14.8. The van der Waals surface area contributed by atoms with Gasteiger partial charge in [0.05, 0.1) is 22.8 Å². The first kappa shape index (κ1) is 22.7. The van der Waals surface area contributed by atoms with Crippen molar-refractivity contribution in [2.24, 2.45) is 9.98 Å². The zero-order valence-corrected chi connectivity index (χ0v) is 22.8. The monoisotopic (exact) mass is 538 g/mol. The predicted molar refractivity (Wildman–Crippen MR) is 175 cm³/mol. The van der Waals surface area contributed by atoms with Crippen LogP contribution in [0.1, 0.15) is 33.4 Å². The van der Waals surface area contributed by atoms with E-state index in [1.54, 1.807) is 11.3 Å². The van der Waals surface area contributed by atoms with Crippen molar-refractivity contribution in [2.75, 3.05) is 0 Å². The van der Waals surface area contributed by atoms with Gasteiger partial charge in [0.1, 0.15) is 0 Å². The summed E-state index contributed by atoms with van der Waals surface area (Å²) in [6.07, 6.45) is 9.03. The fourth-order valence-electron chi connectivity index (χ4n) is 6.31. The molecule has 2 nitrogen and oxygen atoms in total. The minimum Gasteiger partial charge on any atom is -0.248 e. The largest absolute Gasteiger partial charge is 0.248 e. The Labute approximate surface area is 241 Å². The maximum Gasteiger partial charge on any atom is 0.0730 e. The van der Waals surface area contributed by atoms with Crippen LogP contribution in [-0.4, -0.2) is 11.4 Å². The van der Waals surface area contributed by atoms with E-state index in [2.05, 4.69) is 133 Å². The number of hydrogen-bond acceptors (Lipinski definition) is 3. The van der Waals surface area contributed by atoms with Crippen LogP contribution in [0.3, 0.4) is 0 Å². The van der Waals surface area contributed by atoms with Gasteiger partial charge in [0.15, 0.2) is 0 Å². The molecule has 0 N–H and O–H groups in total. The van der Waals surface area contributed by atoms with E-state index < -0.39 is 0 Å². The Kier molecular flexibility index (Phi) is 4.80. The predicted octanol–water partition coefficient (Wildman–Crippen LogP) is 7.88. The molecule has 0 atom stereocenters. The average Bonchev–Trinajstić information content (AvgIpc) is 3.67. The molecular formula is C38H22N2S. The maximum absolute atomic E-state index is 5.23. The van der Waals surface area contributed by atoms with E-state index in [0.717, 1.165) is 33.9 Å². The molecule has 0 saturated heterocycles. The molecule has 0 saturated carbocycles. The first-order valence-electron chi connectivity index (χ1n) is 13.8. The molecule has 0 radical (unpaired) electrons. The summed E-state index contributed by atoms with van der Waals surface area (Å²) in [5.74, 6) is 0. The summed E-state index contributed by atoms with van der Waals surface area (Å²) >= 11 is 1.81. The van der Waals surface area contributed by atoms with Crippen molar-refractivity contribution in [1.82, 2.24) is 0 Å². The lowest BCUT2D eigenvalue weighted by Crippen LogP contribution is -2.03. The van der Waals surface area contributed by atoms with E-state index in [4.69, 9.17) is 9.98 Å². The lowest BCUT2D eigenvalue weighted by Gasteiger charge is -2.01. The van der Waals surface area contributed by atoms with Crippen LogP contribution in [0.25, 0.3) is 57.6 Å². The SMILES string of the molecule is C1=C2N=C(C=c3sc(c4ccccc34)=CC3=NC(=Cc4cc1c1cccccc4-1)c1ccccc13)c1ccccc12. The molecule has 3 aliphatic heterocycles. The summed E-state index contributed by atoms with van der Waals surface area (Å²) in [5.41, 5.74) is 13.4.